The van der Waals surface area contributed by atoms with Crippen molar-refractivity contribution < 1.29 is 4.74 Å². The van der Waals surface area contributed by atoms with Crippen molar-refractivity contribution in [1.82, 2.24) is 10.6 Å². The molecule has 0 unspecified atom stereocenters. The maximum atomic E-state index is 6.20. The summed E-state index contributed by atoms with van der Waals surface area (Å²) in [6, 6.07) is 8.32. The molecule has 0 aromatic heterocycles. The van der Waals surface area contributed by atoms with Gasteiger partial charge in [0.1, 0.15) is 5.75 Å². The van der Waals surface area contributed by atoms with Crippen LogP contribution in [0.4, 0.5) is 0 Å². The van der Waals surface area contributed by atoms with Gasteiger partial charge in [0.25, 0.3) is 0 Å². The van der Waals surface area contributed by atoms with E-state index in [1.54, 1.807) is 0 Å². The lowest BCUT2D eigenvalue weighted by Gasteiger charge is -2.16. The topological polar surface area (TPSA) is 45.7 Å². The average Bonchev–Trinajstić information content (AvgIpc) is 3.26. The van der Waals surface area contributed by atoms with Gasteiger partial charge in [0, 0.05) is 18.7 Å². The second kappa shape index (κ2) is 8.23. The summed E-state index contributed by atoms with van der Waals surface area (Å²) in [7, 11) is 0. The predicted molar refractivity (Wildman–Crippen MR) is 94.9 cm³/mol. The third-order valence-electron chi connectivity index (χ3n) is 4.58. The van der Waals surface area contributed by atoms with Gasteiger partial charge in [0.15, 0.2) is 5.96 Å². The molecule has 2 N–H and O–H groups in total. The molecule has 3 rings (SSSR count). The lowest BCUT2D eigenvalue weighted by atomic mass is 10.2. The van der Waals surface area contributed by atoms with Crippen molar-refractivity contribution in [2.24, 2.45) is 10.9 Å². The van der Waals surface area contributed by atoms with E-state index >= 15 is 0 Å². The maximum Gasteiger partial charge on any atom is 0.191 e. The Hall–Kier alpha value is -1.71. The van der Waals surface area contributed by atoms with Crippen LogP contribution in [0.3, 0.4) is 0 Å². The van der Waals surface area contributed by atoms with Gasteiger partial charge in [-0.3, -0.25) is 0 Å². The van der Waals surface area contributed by atoms with Gasteiger partial charge in [-0.1, -0.05) is 18.2 Å². The van der Waals surface area contributed by atoms with E-state index in [4.69, 9.17) is 9.73 Å². The Kier molecular flexibility index (Phi) is 5.78. The van der Waals surface area contributed by atoms with Crippen molar-refractivity contribution >= 4 is 5.96 Å². The third kappa shape index (κ3) is 5.15. The molecule has 0 aliphatic heterocycles. The van der Waals surface area contributed by atoms with E-state index in [9.17, 15) is 0 Å². The molecule has 2 aliphatic carbocycles. The van der Waals surface area contributed by atoms with Crippen LogP contribution < -0.4 is 15.4 Å². The fourth-order valence-electron chi connectivity index (χ4n) is 3.00. The fraction of sp³-hybridized carbons (Fsp3) is 0.632. The summed E-state index contributed by atoms with van der Waals surface area (Å²) in [5, 5.41) is 6.77. The molecule has 2 aliphatic rings. The van der Waals surface area contributed by atoms with Gasteiger partial charge in [-0.2, -0.15) is 0 Å². The number of ether oxygens (including phenoxy) is 1. The number of nitrogens with zero attached hydrogens (tertiary/aromatic N) is 1. The van der Waals surface area contributed by atoms with Crippen LogP contribution in [0.15, 0.2) is 29.3 Å². The minimum Gasteiger partial charge on any atom is -0.490 e. The van der Waals surface area contributed by atoms with Gasteiger partial charge in [-0.25, -0.2) is 4.99 Å². The molecule has 0 spiro atoms. The molecule has 126 valence electrons. The first kappa shape index (κ1) is 16.2. The first-order chi connectivity index (χ1) is 11.3. The summed E-state index contributed by atoms with van der Waals surface area (Å²) in [4.78, 5) is 4.73. The van der Waals surface area contributed by atoms with E-state index in [-0.39, 0.29) is 0 Å². The molecule has 2 saturated carbocycles. The number of para-hydroxylation sites is 1. The van der Waals surface area contributed by atoms with Crippen LogP contribution in [0.2, 0.25) is 0 Å². The monoisotopic (exact) mass is 315 g/mol. The molecule has 0 radical (unpaired) electrons. The Labute approximate surface area is 139 Å². The van der Waals surface area contributed by atoms with Crippen LogP contribution in [-0.4, -0.2) is 25.2 Å². The zero-order chi connectivity index (χ0) is 15.9. The number of aliphatic imine (C=N–C) groups is 1. The van der Waals surface area contributed by atoms with E-state index in [0.29, 0.717) is 12.6 Å². The molecule has 0 amide bonds. The van der Waals surface area contributed by atoms with Crippen LogP contribution in [0, 0.1) is 5.92 Å². The molecule has 0 bridgehead atoms. The normalized spacial score (nSPS) is 18.9. The molecule has 1 aromatic carbocycles. The second-order valence-electron chi connectivity index (χ2n) is 6.65. The van der Waals surface area contributed by atoms with Gasteiger partial charge in [-0.15, -0.1) is 0 Å². The van der Waals surface area contributed by atoms with Gasteiger partial charge in [-0.05, 0) is 57.4 Å². The number of nitrogens with one attached hydrogen (secondary N) is 2. The Morgan fingerprint density at radius 2 is 1.91 bits per heavy atom. The third-order valence-corrected chi connectivity index (χ3v) is 4.58. The highest BCUT2D eigenvalue weighted by atomic mass is 16.5. The first-order valence-corrected chi connectivity index (χ1v) is 9.12. The van der Waals surface area contributed by atoms with Gasteiger partial charge < -0.3 is 15.4 Å². The van der Waals surface area contributed by atoms with Gasteiger partial charge >= 0.3 is 0 Å². The molecular formula is C19H29N3O. The van der Waals surface area contributed by atoms with Gasteiger partial charge in [0.05, 0.1) is 12.6 Å². The smallest absolute Gasteiger partial charge is 0.191 e. The predicted octanol–water partition coefficient (Wildman–Crippen LogP) is 3.47. The Balaban J connectivity index is 1.61. The first-order valence-electron chi connectivity index (χ1n) is 9.12. The van der Waals surface area contributed by atoms with E-state index in [0.717, 1.165) is 30.7 Å². The number of guanidine groups is 1. The molecule has 4 heteroatoms. The molecular weight excluding hydrogens is 286 g/mol. The van der Waals surface area contributed by atoms with Crippen LogP contribution >= 0.6 is 0 Å². The largest absolute Gasteiger partial charge is 0.490 e. The zero-order valence-corrected chi connectivity index (χ0v) is 14.2. The molecule has 2 fully saturated rings. The van der Waals surface area contributed by atoms with E-state index in [1.807, 2.05) is 6.07 Å². The maximum absolute atomic E-state index is 6.20. The summed E-state index contributed by atoms with van der Waals surface area (Å²) < 4.78 is 6.20. The van der Waals surface area contributed by atoms with Crippen molar-refractivity contribution in [3.8, 4) is 5.75 Å². The van der Waals surface area contributed by atoms with Crippen molar-refractivity contribution in [2.75, 3.05) is 13.1 Å². The minimum atomic E-state index is 0.390. The van der Waals surface area contributed by atoms with Gasteiger partial charge in [0.2, 0.25) is 0 Å². The lowest BCUT2D eigenvalue weighted by molar-refractivity contribution is 0.208. The quantitative estimate of drug-likeness (QED) is 0.598. The average molecular weight is 315 g/mol. The molecule has 1 aromatic rings. The summed E-state index contributed by atoms with van der Waals surface area (Å²) in [6.45, 7) is 4.68. The standard InChI is InChI=1S/C19H29N3O/c1-2-20-19(21-13-15-11-12-15)22-14-16-7-3-6-10-18(16)23-17-8-4-5-9-17/h3,6-7,10,15,17H,2,4-5,8-9,11-14H2,1H3,(H2,20,21,22). The zero-order valence-electron chi connectivity index (χ0n) is 14.2. The van der Waals surface area contributed by atoms with Crippen LogP contribution in [0.5, 0.6) is 5.75 Å². The van der Waals surface area contributed by atoms with Crippen LogP contribution in [-0.2, 0) is 6.54 Å². The summed E-state index contributed by atoms with van der Waals surface area (Å²) in [5.74, 6) is 2.76. The van der Waals surface area contributed by atoms with Crippen LogP contribution in [0.25, 0.3) is 0 Å². The van der Waals surface area contributed by atoms with E-state index < -0.39 is 0 Å². The minimum absolute atomic E-state index is 0.390. The van der Waals surface area contributed by atoms with Crippen molar-refractivity contribution in [3.05, 3.63) is 29.8 Å². The van der Waals surface area contributed by atoms with Crippen molar-refractivity contribution in [3.63, 3.8) is 0 Å². The van der Waals surface area contributed by atoms with E-state index in [1.165, 1.54) is 44.1 Å². The summed E-state index contributed by atoms with van der Waals surface area (Å²) in [5.41, 5.74) is 1.17. The molecule has 0 atom stereocenters. The highest BCUT2D eigenvalue weighted by Crippen LogP contribution is 2.28. The summed E-state index contributed by atoms with van der Waals surface area (Å²) in [6.07, 6.45) is 8.05. The fourth-order valence-corrected chi connectivity index (χ4v) is 3.00. The number of hydrogen-bond donors (Lipinski definition) is 2. The highest BCUT2D eigenvalue weighted by Gasteiger charge is 2.21. The Morgan fingerprint density at radius 1 is 1.13 bits per heavy atom. The molecule has 4 nitrogen and oxygen atoms in total. The number of benzene rings is 1. The summed E-state index contributed by atoms with van der Waals surface area (Å²) >= 11 is 0. The van der Waals surface area contributed by atoms with Crippen molar-refractivity contribution in [2.45, 2.75) is 58.1 Å². The number of rotatable bonds is 7. The Bertz CT molecular complexity index is 519. The Morgan fingerprint density at radius 3 is 2.65 bits per heavy atom. The number of hydrogen-bond acceptors (Lipinski definition) is 2. The second-order valence-corrected chi connectivity index (χ2v) is 6.65. The molecule has 0 heterocycles. The SMILES string of the molecule is CCNC(=NCc1ccccc1OC1CCCC1)NCC1CC1. The molecule has 0 saturated heterocycles. The van der Waals surface area contributed by atoms with Crippen molar-refractivity contribution in [1.29, 1.82) is 0 Å². The lowest BCUT2D eigenvalue weighted by Crippen LogP contribution is -2.38. The highest BCUT2D eigenvalue weighted by molar-refractivity contribution is 5.79. The molecule has 23 heavy (non-hydrogen) atoms. The van der Waals surface area contributed by atoms with Crippen LogP contribution in [0.1, 0.15) is 51.0 Å². The van der Waals surface area contributed by atoms with E-state index in [2.05, 4.69) is 35.8 Å².